The van der Waals surface area contributed by atoms with Gasteiger partial charge < -0.3 is 4.74 Å². The summed E-state index contributed by atoms with van der Waals surface area (Å²) in [5, 5.41) is 13.7. The Morgan fingerprint density at radius 1 is 1.09 bits per heavy atom. The van der Waals surface area contributed by atoms with Crippen LogP contribution in [0.3, 0.4) is 0 Å². The molecule has 2 aromatic carbocycles. The SMILES string of the molecule is COc1ccc(-c2c(C#N)cnn2Cc2ccccc2)cc1. The van der Waals surface area contributed by atoms with E-state index < -0.39 is 0 Å². The Kier molecular flexibility index (Phi) is 3.88. The number of methoxy groups -OCH3 is 1. The molecule has 108 valence electrons. The van der Waals surface area contributed by atoms with E-state index in [0.717, 1.165) is 22.6 Å². The van der Waals surface area contributed by atoms with Gasteiger partial charge >= 0.3 is 0 Å². The van der Waals surface area contributed by atoms with Gasteiger partial charge in [0.05, 0.1) is 31.1 Å². The minimum atomic E-state index is 0.570. The number of nitriles is 1. The zero-order valence-electron chi connectivity index (χ0n) is 12.2. The average Bonchev–Trinajstić information content (AvgIpc) is 2.98. The van der Waals surface area contributed by atoms with Gasteiger partial charge in [-0.3, -0.25) is 4.68 Å². The lowest BCUT2D eigenvalue weighted by Crippen LogP contribution is -2.04. The van der Waals surface area contributed by atoms with Crippen LogP contribution in [-0.4, -0.2) is 16.9 Å². The second kappa shape index (κ2) is 6.15. The first kappa shape index (κ1) is 13.9. The smallest absolute Gasteiger partial charge is 0.118 e. The van der Waals surface area contributed by atoms with Gasteiger partial charge in [-0.15, -0.1) is 0 Å². The molecule has 0 aliphatic carbocycles. The maximum absolute atomic E-state index is 9.33. The van der Waals surface area contributed by atoms with Crippen LogP contribution in [-0.2, 0) is 6.54 Å². The van der Waals surface area contributed by atoms with E-state index in [1.807, 2.05) is 59.3 Å². The number of nitrogens with zero attached hydrogens (tertiary/aromatic N) is 3. The van der Waals surface area contributed by atoms with Crippen molar-refractivity contribution in [3.05, 3.63) is 71.9 Å². The molecule has 1 aromatic heterocycles. The van der Waals surface area contributed by atoms with Crippen molar-refractivity contribution < 1.29 is 4.74 Å². The van der Waals surface area contributed by atoms with Crippen molar-refractivity contribution in [1.82, 2.24) is 9.78 Å². The normalized spacial score (nSPS) is 10.2. The van der Waals surface area contributed by atoms with E-state index in [1.165, 1.54) is 0 Å². The first-order valence-electron chi connectivity index (χ1n) is 6.96. The Balaban J connectivity index is 2.02. The molecule has 4 heteroatoms. The van der Waals surface area contributed by atoms with Crippen molar-refractivity contribution in [2.45, 2.75) is 6.54 Å². The fourth-order valence-corrected chi connectivity index (χ4v) is 2.40. The van der Waals surface area contributed by atoms with E-state index >= 15 is 0 Å². The fraction of sp³-hybridized carbons (Fsp3) is 0.111. The minimum absolute atomic E-state index is 0.570. The number of benzene rings is 2. The third-order valence-corrected chi connectivity index (χ3v) is 3.50. The first-order chi connectivity index (χ1) is 10.8. The van der Waals surface area contributed by atoms with Crippen LogP contribution < -0.4 is 4.74 Å². The number of aromatic nitrogens is 2. The van der Waals surface area contributed by atoms with Crippen LogP contribution in [0.4, 0.5) is 0 Å². The first-order valence-corrected chi connectivity index (χ1v) is 6.96. The Morgan fingerprint density at radius 3 is 2.45 bits per heavy atom. The molecule has 0 aliphatic rings. The fourth-order valence-electron chi connectivity index (χ4n) is 2.40. The van der Waals surface area contributed by atoms with Gasteiger partial charge in [-0.05, 0) is 29.8 Å². The summed E-state index contributed by atoms with van der Waals surface area (Å²) in [4.78, 5) is 0. The molecule has 0 N–H and O–H groups in total. The number of ether oxygens (including phenoxy) is 1. The van der Waals surface area contributed by atoms with Crippen LogP contribution in [0.1, 0.15) is 11.1 Å². The summed E-state index contributed by atoms with van der Waals surface area (Å²) < 4.78 is 7.04. The van der Waals surface area contributed by atoms with Gasteiger partial charge in [0.2, 0.25) is 0 Å². The monoisotopic (exact) mass is 289 g/mol. The molecule has 3 aromatic rings. The topological polar surface area (TPSA) is 50.8 Å². The van der Waals surface area contributed by atoms with E-state index in [2.05, 4.69) is 11.2 Å². The quantitative estimate of drug-likeness (QED) is 0.739. The molecule has 3 rings (SSSR count). The predicted molar refractivity (Wildman–Crippen MR) is 84.5 cm³/mol. The van der Waals surface area contributed by atoms with Crippen molar-refractivity contribution in [2.24, 2.45) is 0 Å². The average molecular weight is 289 g/mol. The van der Waals surface area contributed by atoms with Crippen LogP contribution >= 0.6 is 0 Å². The van der Waals surface area contributed by atoms with Crippen molar-refractivity contribution in [1.29, 1.82) is 5.26 Å². The lowest BCUT2D eigenvalue weighted by Gasteiger charge is -2.09. The van der Waals surface area contributed by atoms with E-state index in [-0.39, 0.29) is 0 Å². The molecule has 0 fully saturated rings. The molecule has 0 bridgehead atoms. The summed E-state index contributed by atoms with van der Waals surface area (Å²) in [6.07, 6.45) is 1.61. The minimum Gasteiger partial charge on any atom is -0.497 e. The van der Waals surface area contributed by atoms with Gasteiger partial charge in [-0.1, -0.05) is 30.3 Å². The Hall–Kier alpha value is -3.06. The van der Waals surface area contributed by atoms with Crippen LogP contribution in [0, 0.1) is 11.3 Å². The van der Waals surface area contributed by atoms with Crippen molar-refractivity contribution in [3.8, 4) is 23.1 Å². The zero-order chi connectivity index (χ0) is 15.4. The number of rotatable bonds is 4. The molecule has 0 saturated heterocycles. The Morgan fingerprint density at radius 2 is 1.82 bits per heavy atom. The Bertz CT molecular complexity index is 799. The molecule has 4 nitrogen and oxygen atoms in total. The molecule has 0 unspecified atom stereocenters. The second-order valence-corrected chi connectivity index (χ2v) is 4.89. The summed E-state index contributed by atoms with van der Waals surface area (Å²) in [6, 6.07) is 19.9. The van der Waals surface area contributed by atoms with E-state index in [0.29, 0.717) is 12.1 Å². The highest BCUT2D eigenvalue weighted by Crippen LogP contribution is 2.26. The molecule has 0 atom stereocenters. The van der Waals surface area contributed by atoms with Crippen LogP contribution in [0.5, 0.6) is 5.75 Å². The predicted octanol–water partition coefficient (Wildman–Crippen LogP) is 3.48. The van der Waals surface area contributed by atoms with Crippen molar-refractivity contribution in [3.63, 3.8) is 0 Å². The third kappa shape index (κ3) is 2.70. The van der Waals surface area contributed by atoms with Gasteiger partial charge in [0.15, 0.2) is 0 Å². The van der Waals surface area contributed by atoms with Gasteiger partial charge in [-0.2, -0.15) is 10.4 Å². The maximum Gasteiger partial charge on any atom is 0.118 e. The molecule has 0 amide bonds. The Labute approximate surface area is 129 Å². The molecular formula is C18H15N3O. The van der Waals surface area contributed by atoms with Crippen LogP contribution in [0.25, 0.3) is 11.3 Å². The van der Waals surface area contributed by atoms with Crippen molar-refractivity contribution >= 4 is 0 Å². The van der Waals surface area contributed by atoms with Gasteiger partial charge in [0.1, 0.15) is 11.8 Å². The van der Waals surface area contributed by atoms with E-state index in [9.17, 15) is 5.26 Å². The van der Waals surface area contributed by atoms with Crippen LogP contribution in [0.15, 0.2) is 60.8 Å². The highest BCUT2D eigenvalue weighted by atomic mass is 16.5. The molecule has 0 radical (unpaired) electrons. The maximum atomic E-state index is 9.33. The van der Waals surface area contributed by atoms with Gasteiger partial charge in [0.25, 0.3) is 0 Å². The zero-order valence-corrected chi connectivity index (χ0v) is 12.2. The summed E-state index contributed by atoms with van der Waals surface area (Å²) in [7, 11) is 1.63. The van der Waals surface area contributed by atoms with E-state index in [4.69, 9.17) is 4.74 Å². The number of hydrogen-bond donors (Lipinski definition) is 0. The third-order valence-electron chi connectivity index (χ3n) is 3.50. The molecule has 22 heavy (non-hydrogen) atoms. The van der Waals surface area contributed by atoms with Crippen molar-refractivity contribution in [2.75, 3.05) is 7.11 Å². The lowest BCUT2D eigenvalue weighted by atomic mass is 10.1. The highest BCUT2D eigenvalue weighted by Gasteiger charge is 2.13. The molecule has 0 aliphatic heterocycles. The van der Waals surface area contributed by atoms with E-state index in [1.54, 1.807) is 13.3 Å². The molecule has 1 heterocycles. The summed E-state index contributed by atoms with van der Waals surface area (Å²) >= 11 is 0. The largest absolute Gasteiger partial charge is 0.497 e. The summed E-state index contributed by atoms with van der Waals surface area (Å²) in [6.45, 7) is 0.629. The second-order valence-electron chi connectivity index (χ2n) is 4.89. The standard InChI is InChI=1S/C18H15N3O/c1-22-17-9-7-15(8-10-17)18-16(11-19)12-20-21(18)13-14-5-3-2-4-6-14/h2-10,12H,13H2,1H3. The summed E-state index contributed by atoms with van der Waals surface area (Å²) in [5.41, 5.74) is 3.49. The highest BCUT2D eigenvalue weighted by molar-refractivity contribution is 5.67. The lowest BCUT2D eigenvalue weighted by molar-refractivity contribution is 0.415. The summed E-state index contributed by atoms with van der Waals surface area (Å²) in [5.74, 6) is 0.788. The number of hydrogen-bond acceptors (Lipinski definition) is 3. The van der Waals surface area contributed by atoms with Gasteiger partial charge in [0, 0.05) is 5.56 Å². The molecule has 0 spiro atoms. The molecular weight excluding hydrogens is 274 g/mol. The van der Waals surface area contributed by atoms with Crippen LogP contribution in [0.2, 0.25) is 0 Å². The van der Waals surface area contributed by atoms with Gasteiger partial charge in [-0.25, -0.2) is 0 Å². The molecule has 0 saturated carbocycles.